The summed E-state index contributed by atoms with van der Waals surface area (Å²) in [7, 11) is 0. The lowest BCUT2D eigenvalue weighted by atomic mass is 9.88. The van der Waals surface area contributed by atoms with Gasteiger partial charge < -0.3 is 0 Å². The molecule has 2 aromatic rings. The first kappa shape index (κ1) is 16.5. The van der Waals surface area contributed by atoms with Crippen molar-refractivity contribution >= 4 is 21.6 Å². The monoisotopic (exact) mass is 343 g/mol. The van der Waals surface area contributed by atoms with Gasteiger partial charge in [-0.05, 0) is 65.0 Å². The van der Waals surface area contributed by atoms with Crippen molar-refractivity contribution in [2.24, 2.45) is 0 Å². The minimum atomic E-state index is 0.299. The number of fused-ring (bicyclic) bond motifs is 1. The average molecular weight is 344 g/mol. The summed E-state index contributed by atoms with van der Waals surface area (Å²) in [6.45, 7) is 8.93. The maximum absolute atomic E-state index is 4.84. The van der Waals surface area contributed by atoms with Gasteiger partial charge in [0.25, 0.3) is 0 Å². The van der Waals surface area contributed by atoms with Crippen LogP contribution >= 0.6 is 11.3 Å². The lowest BCUT2D eigenvalue weighted by Crippen LogP contribution is -2.37. The van der Waals surface area contributed by atoms with Gasteiger partial charge in [-0.2, -0.15) is 0 Å². The van der Waals surface area contributed by atoms with Crippen LogP contribution in [0, 0.1) is 6.92 Å². The lowest BCUT2D eigenvalue weighted by molar-refractivity contribution is 0.165. The molecule has 1 aliphatic carbocycles. The molecule has 2 aromatic heterocycles. The number of nitrogens with zero attached hydrogens (tertiary/aromatic N) is 3. The first-order valence-electron chi connectivity index (χ1n) is 9.55. The van der Waals surface area contributed by atoms with Crippen molar-refractivity contribution in [2.75, 3.05) is 6.54 Å². The summed E-state index contributed by atoms with van der Waals surface area (Å²) in [4.78, 5) is 14.9. The Morgan fingerprint density at radius 2 is 1.96 bits per heavy atom. The zero-order chi connectivity index (χ0) is 16.7. The third-order valence-corrected chi connectivity index (χ3v) is 7.21. The van der Waals surface area contributed by atoms with Crippen molar-refractivity contribution < 1.29 is 0 Å². The minimum absolute atomic E-state index is 0.299. The van der Waals surface area contributed by atoms with E-state index in [1.54, 1.807) is 4.88 Å². The fraction of sp³-hybridized carbons (Fsp3) is 0.700. The van der Waals surface area contributed by atoms with Crippen LogP contribution in [0.2, 0.25) is 0 Å². The summed E-state index contributed by atoms with van der Waals surface area (Å²) >= 11 is 1.92. The minimum Gasteiger partial charge on any atom is -0.292 e. The Labute approximate surface area is 149 Å². The summed E-state index contributed by atoms with van der Waals surface area (Å²) in [5, 5.41) is 1.31. The van der Waals surface area contributed by atoms with Crippen LogP contribution in [0.3, 0.4) is 0 Å². The Morgan fingerprint density at radius 1 is 1.17 bits per heavy atom. The molecule has 0 aromatic carbocycles. The van der Waals surface area contributed by atoms with Gasteiger partial charge in [-0.15, -0.1) is 11.3 Å². The molecule has 0 spiro atoms. The molecular formula is C20H29N3S. The van der Waals surface area contributed by atoms with Crippen LogP contribution in [0.4, 0.5) is 0 Å². The third kappa shape index (κ3) is 3.11. The van der Waals surface area contributed by atoms with E-state index in [1.165, 1.54) is 67.4 Å². The molecule has 0 unspecified atom stereocenters. The molecule has 3 heterocycles. The van der Waals surface area contributed by atoms with Crippen molar-refractivity contribution in [2.45, 2.75) is 83.7 Å². The molecule has 1 saturated carbocycles. The Kier molecular flexibility index (Phi) is 4.38. The number of thiophene rings is 1. The van der Waals surface area contributed by atoms with Crippen LogP contribution in [-0.2, 0) is 6.54 Å². The van der Waals surface area contributed by atoms with Crippen LogP contribution in [-0.4, -0.2) is 27.0 Å². The lowest BCUT2D eigenvalue weighted by Gasteiger charge is -2.31. The van der Waals surface area contributed by atoms with Gasteiger partial charge in [-0.1, -0.05) is 19.3 Å². The molecule has 24 heavy (non-hydrogen) atoms. The first-order chi connectivity index (χ1) is 11.5. The first-order valence-corrected chi connectivity index (χ1v) is 10.4. The standard InChI is InChI=1S/C20H29N3S/c1-14-21-17(13-23-11-7-10-20(23,2)3)16-12-18(24-19(16)22-14)15-8-5-4-6-9-15/h12,15H,4-11,13H2,1-3H3. The maximum Gasteiger partial charge on any atom is 0.127 e. The van der Waals surface area contributed by atoms with Crippen LogP contribution in [0.25, 0.3) is 10.2 Å². The van der Waals surface area contributed by atoms with E-state index in [9.17, 15) is 0 Å². The summed E-state index contributed by atoms with van der Waals surface area (Å²) in [5.41, 5.74) is 1.54. The quantitative estimate of drug-likeness (QED) is 0.745. The second kappa shape index (κ2) is 6.38. The van der Waals surface area contributed by atoms with E-state index in [-0.39, 0.29) is 0 Å². The predicted octanol–water partition coefficient (Wildman–Crippen LogP) is 5.42. The van der Waals surface area contributed by atoms with Gasteiger partial charge in [0.2, 0.25) is 0 Å². The number of hydrogen-bond donors (Lipinski definition) is 0. The Hall–Kier alpha value is -1.00. The van der Waals surface area contributed by atoms with Gasteiger partial charge >= 0.3 is 0 Å². The molecule has 0 radical (unpaired) electrons. The number of aromatic nitrogens is 2. The van der Waals surface area contributed by atoms with Crippen LogP contribution in [0.5, 0.6) is 0 Å². The molecular weight excluding hydrogens is 314 g/mol. The van der Waals surface area contributed by atoms with E-state index in [1.807, 2.05) is 18.3 Å². The van der Waals surface area contributed by atoms with Crippen molar-refractivity contribution in [3.05, 3.63) is 22.5 Å². The smallest absolute Gasteiger partial charge is 0.127 e. The van der Waals surface area contributed by atoms with E-state index in [0.717, 1.165) is 18.3 Å². The molecule has 0 amide bonds. The summed E-state index contributed by atoms with van der Waals surface area (Å²) in [6, 6.07) is 2.42. The van der Waals surface area contributed by atoms with Gasteiger partial charge in [0.1, 0.15) is 10.7 Å². The molecule has 0 atom stereocenters. The second-order valence-corrected chi connectivity index (χ2v) is 9.32. The van der Waals surface area contributed by atoms with Crippen molar-refractivity contribution in [3.63, 3.8) is 0 Å². The summed E-state index contributed by atoms with van der Waals surface area (Å²) < 4.78 is 0. The molecule has 1 aliphatic heterocycles. The van der Waals surface area contributed by atoms with Crippen molar-refractivity contribution in [1.82, 2.24) is 14.9 Å². The zero-order valence-corrected chi connectivity index (χ0v) is 16.1. The summed E-state index contributed by atoms with van der Waals surface area (Å²) in [6.07, 6.45) is 9.49. The molecule has 2 aliphatic rings. The highest BCUT2D eigenvalue weighted by molar-refractivity contribution is 7.18. The Morgan fingerprint density at radius 3 is 2.67 bits per heavy atom. The molecule has 4 rings (SSSR count). The number of likely N-dealkylation sites (tertiary alicyclic amines) is 1. The zero-order valence-electron chi connectivity index (χ0n) is 15.3. The highest BCUT2D eigenvalue weighted by atomic mass is 32.1. The average Bonchev–Trinajstić information content (AvgIpc) is 3.12. The Balaban J connectivity index is 1.68. The van der Waals surface area contributed by atoms with Gasteiger partial charge in [0.05, 0.1) is 5.69 Å². The van der Waals surface area contributed by atoms with Crippen LogP contribution < -0.4 is 0 Å². The SMILES string of the molecule is Cc1nc(CN2CCCC2(C)C)c2cc(C3CCCCC3)sc2n1. The topological polar surface area (TPSA) is 29.0 Å². The van der Waals surface area contributed by atoms with E-state index in [0.29, 0.717) is 5.54 Å². The largest absolute Gasteiger partial charge is 0.292 e. The number of hydrogen-bond acceptors (Lipinski definition) is 4. The molecule has 4 heteroatoms. The van der Waals surface area contributed by atoms with Gasteiger partial charge in [-0.3, -0.25) is 4.90 Å². The van der Waals surface area contributed by atoms with E-state index >= 15 is 0 Å². The normalized spacial score (nSPS) is 22.5. The molecule has 1 saturated heterocycles. The van der Waals surface area contributed by atoms with Gasteiger partial charge in [0, 0.05) is 22.3 Å². The highest BCUT2D eigenvalue weighted by Gasteiger charge is 2.32. The third-order valence-electron chi connectivity index (χ3n) is 6.02. The molecule has 3 nitrogen and oxygen atoms in total. The molecule has 130 valence electrons. The van der Waals surface area contributed by atoms with E-state index < -0.39 is 0 Å². The van der Waals surface area contributed by atoms with E-state index in [2.05, 4.69) is 24.8 Å². The van der Waals surface area contributed by atoms with Crippen molar-refractivity contribution in [1.29, 1.82) is 0 Å². The van der Waals surface area contributed by atoms with Crippen LogP contribution in [0.15, 0.2) is 6.07 Å². The van der Waals surface area contributed by atoms with Crippen molar-refractivity contribution in [3.8, 4) is 0 Å². The Bertz CT molecular complexity index is 728. The maximum atomic E-state index is 4.84. The van der Waals surface area contributed by atoms with Gasteiger partial charge in [-0.25, -0.2) is 9.97 Å². The molecule has 0 N–H and O–H groups in total. The fourth-order valence-corrected chi connectivity index (χ4v) is 5.73. The summed E-state index contributed by atoms with van der Waals surface area (Å²) in [5.74, 6) is 1.68. The number of aryl methyl sites for hydroxylation is 1. The highest BCUT2D eigenvalue weighted by Crippen LogP contribution is 2.39. The number of rotatable bonds is 3. The fourth-order valence-electron chi connectivity index (χ4n) is 4.46. The predicted molar refractivity (Wildman–Crippen MR) is 102 cm³/mol. The van der Waals surface area contributed by atoms with E-state index in [4.69, 9.17) is 9.97 Å². The van der Waals surface area contributed by atoms with Gasteiger partial charge in [0.15, 0.2) is 0 Å². The molecule has 0 bridgehead atoms. The van der Waals surface area contributed by atoms with Crippen LogP contribution in [0.1, 0.15) is 81.1 Å². The molecule has 2 fully saturated rings. The second-order valence-electron chi connectivity index (χ2n) is 8.26.